The Hall–Kier alpha value is -1.24. The standard InChI is InChI=1S/C8H7F4N3/c9-8(10,11)7-13-3-5-1-2-15(12)4-6(5)14-7/h3H,1-2,4H2. The van der Waals surface area contributed by atoms with Gasteiger partial charge in [-0.1, -0.05) is 0 Å². The van der Waals surface area contributed by atoms with Crippen LogP contribution in [0, 0.1) is 0 Å². The van der Waals surface area contributed by atoms with Gasteiger partial charge in [-0.2, -0.15) is 13.2 Å². The molecule has 0 atom stereocenters. The van der Waals surface area contributed by atoms with Crippen LogP contribution >= 0.6 is 0 Å². The predicted molar refractivity (Wildman–Crippen MR) is 42.3 cm³/mol. The molecule has 7 heteroatoms. The molecule has 3 nitrogen and oxygen atoms in total. The van der Waals surface area contributed by atoms with Crippen molar-refractivity contribution in [2.75, 3.05) is 6.54 Å². The molecule has 0 unspecified atom stereocenters. The van der Waals surface area contributed by atoms with Crippen LogP contribution in [-0.2, 0) is 19.1 Å². The van der Waals surface area contributed by atoms with Crippen molar-refractivity contribution in [2.24, 2.45) is 0 Å². The van der Waals surface area contributed by atoms with Crippen LogP contribution in [0.4, 0.5) is 17.7 Å². The maximum absolute atomic E-state index is 12.8. The van der Waals surface area contributed by atoms with Crippen molar-refractivity contribution in [3.8, 4) is 0 Å². The first-order valence-corrected chi connectivity index (χ1v) is 4.29. The van der Waals surface area contributed by atoms with Crippen LogP contribution in [0.1, 0.15) is 17.1 Å². The highest BCUT2D eigenvalue weighted by Crippen LogP contribution is 2.27. The fraction of sp³-hybridized carbons (Fsp3) is 0.500. The molecule has 0 saturated heterocycles. The molecular formula is C8H7F4N3. The van der Waals surface area contributed by atoms with E-state index in [0.717, 1.165) is 6.20 Å². The minimum atomic E-state index is -4.58. The van der Waals surface area contributed by atoms with Gasteiger partial charge in [0, 0.05) is 12.7 Å². The van der Waals surface area contributed by atoms with E-state index in [2.05, 4.69) is 9.97 Å². The van der Waals surface area contributed by atoms with E-state index in [-0.39, 0.29) is 18.8 Å². The lowest BCUT2D eigenvalue weighted by atomic mass is 10.1. The van der Waals surface area contributed by atoms with Crippen molar-refractivity contribution >= 4 is 0 Å². The predicted octanol–water partition coefficient (Wildman–Crippen LogP) is 1.74. The van der Waals surface area contributed by atoms with Crippen LogP contribution in [0.15, 0.2) is 6.20 Å². The number of hydrogen-bond acceptors (Lipinski definition) is 3. The molecule has 0 bridgehead atoms. The van der Waals surface area contributed by atoms with Crippen molar-refractivity contribution in [3.63, 3.8) is 0 Å². The Balaban J connectivity index is 2.37. The van der Waals surface area contributed by atoms with Gasteiger partial charge in [0.05, 0.1) is 12.2 Å². The number of alkyl halides is 3. The number of fused-ring (bicyclic) bond motifs is 1. The molecule has 2 rings (SSSR count). The Morgan fingerprint density at radius 2 is 2.07 bits per heavy atom. The molecule has 15 heavy (non-hydrogen) atoms. The molecule has 1 aliphatic rings. The molecule has 2 heterocycles. The zero-order valence-corrected chi connectivity index (χ0v) is 7.55. The third-order valence-electron chi connectivity index (χ3n) is 2.15. The van der Waals surface area contributed by atoms with E-state index < -0.39 is 12.0 Å². The van der Waals surface area contributed by atoms with Gasteiger partial charge in [-0.3, -0.25) is 0 Å². The van der Waals surface area contributed by atoms with E-state index in [0.29, 0.717) is 17.1 Å². The SMILES string of the molecule is FN1CCc2cnc(C(F)(F)F)nc2C1. The van der Waals surface area contributed by atoms with Crippen LogP contribution in [-0.4, -0.2) is 21.6 Å². The molecule has 1 aromatic rings. The van der Waals surface area contributed by atoms with Gasteiger partial charge in [0.25, 0.3) is 0 Å². The summed E-state index contributed by atoms with van der Waals surface area (Å²) in [6.45, 7) is -0.0390. The van der Waals surface area contributed by atoms with Crippen LogP contribution < -0.4 is 0 Å². The van der Waals surface area contributed by atoms with Crippen molar-refractivity contribution in [2.45, 2.75) is 19.1 Å². The second-order valence-electron chi connectivity index (χ2n) is 3.26. The summed E-state index contributed by atoms with van der Waals surface area (Å²) >= 11 is 0. The normalized spacial score (nSPS) is 17.6. The minimum absolute atomic E-state index is 0.117. The summed E-state index contributed by atoms with van der Waals surface area (Å²) in [4.78, 5) is 6.53. The lowest BCUT2D eigenvalue weighted by Gasteiger charge is -2.20. The summed E-state index contributed by atoms with van der Waals surface area (Å²) in [5, 5.41) is 0.440. The fourth-order valence-corrected chi connectivity index (χ4v) is 1.41. The summed E-state index contributed by atoms with van der Waals surface area (Å²) in [5.74, 6) is -1.21. The van der Waals surface area contributed by atoms with E-state index in [1.165, 1.54) is 0 Å². The van der Waals surface area contributed by atoms with Crippen molar-refractivity contribution in [3.05, 3.63) is 23.3 Å². The van der Waals surface area contributed by atoms with E-state index >= 15 is 0 Å². The van der Waals surface area contributed by atoms with Gasteiger partial charge < -0.3 is 0 Å². The van der Waals surface area contributed by atoms with Crippen LogP contribution in [0.2, 0.25) is 0 Å². The molecular weight excluding hydrogens is 214 g/mol. The summed E-state index contributed by atoms with van der Waals surface area (Å²) in [6.07, 6.45) is -3.12. The highest BCUT2D eigenvalue weighted by Gasteiger charge is 2.35. The molecule has 0 fully saturated rings. The third-order valence-corrected chi connectivity index (χ3v) is 2.15. The molecule has 1 aromatic heterocycles. The Morgan fingerprint density at radius 3 is 2.73 bits per heavy atom. The van der Waals surface area contributed by atoms with Crippen LogP contribution in [0.5, 0.6) is 0 Å². The van der Waals surface area contributed by atoms with E-state index in [1.807, 2.05) is 0 Å². The maximum atomic E-state index is 12.8. The highest BCUT2D eigenvalue weighted by atomic mass is 19.4. The molecule has 1 aliphatic heterocycles. The molecule has 0 aromatic carbocycles. The van der Waals surface area contributed by atoms with E-state index in [1.54, 1.807) is 0 Å². The van der Waals surface area contributed by atoms with Gasteiger partial charge in [-0.15, -0.1) is 9.60 Å². The summed E-state index contributed by atoms with van der Waals surface area (Å²) in [5.41, 5.74) is 0.697. The highest BCUT2D eigenvalue weighted by molar-refractivity contribution is 5.20. The first kappa shape index (κ1) is 10.3. The van der Waals surface area contributed by atoms with Crippen LogP contribution in [0.3, 0.4) is 0 Å². The Labute approximate surface area is 82.7 Å². The fourth-order valence-electron chi connectivity index (χ4n) is 1.41. The number of aromatic nitrogens is 2. The molecule has 0 amide bonds. The Bertz CT molecular complexity index is 377. The lowest BCUT2D eigenvalue weighted by molar-refractivity contribution is -0.145. The molecule has 0 spiro atoms. The van der Waals surface area contributed by atoms with Crippen molar-refractivity contribution in [1.29, 1.82) is 0 Å². The van der Waals surface area contributed by atoms with Gasteiger partial charge in [-0.05, 0) is 12.0 Å². The second kappa shape index (κ2) is 3.41. The smallest absolute Gasteiger partial charge is 0.233 e. The molecule has 0 N–H and O–H groups in total. The van der Waals surface area contributed by atoms with Gasteiger partial charge in [0.1, 0.15) is 0 Å². The molecule has 0 saturated carbocycles. The van der Waals surface area contributed by atoms with Gasteiger partial charge in [0.15, 0.2) is 0 Å². The number of hydrogen-bond donors (Lipinski definition) is 0. The lowest BCUT2D eigenvalue weighted by Crippen LogP contribution is -2.26. The van der Waals surface area contributed by atoms with Crippen molar-refractivity contribution < 1.29 is 17.7 Å². The van der Waals surface area contributed by atoms with Gasteiger partial charge >= 0.3 is 6.18 Å². The average Bonchev–Trinajstić information content (AvgIpc) is 2.15. The van der Waals surface area contributed by atoms with Gasteiger partial charge in [-0.25, -0.2) is 9.97 Å². The number of nitrogens with zero attached hydrogens (tertiary/aromatic N) is 3. The average molecular weight is 221 g/mol. The Morgan fingerprint density at radius 1 is 1.33 bits per heavy atom. The number of halogens is 4. The van der Waals surface area contributed by atoms with Gasteiger partial charge in [0.2, 0.25) is 5.82 Å². The summed E-state index contributed by atoms with van der Waals surface area (Å²) < 4.78 is 49.5. The zero-order valence-electron chi connectivity index (χ0n) is 7.55. The number of rotatable bonds is 0. The van der Waals surface area contributed by atoms with E-state index in [9.17, 15) is 17.7 Å². The first-order chi connectivity index (χ1) is 6.97. The first-order valence-electron chi connectivity index (χ1n) is 4.29. The van der Waals surface area contributed by atoms with Crippen molar-refractivity contribution in [1.82, 2.24) is 15.1 Å². The monoisotopic (exact) mass is 221 g/mol. The second-order valence-corrected chi connectivity index (χ2v) is 3.26. The topological polar surface area (TPSA) is 29.0 Å². The van der Waals surface area contributed by atoms with Crippen LogP contribution in [0.25, 0.3) is 0 Å². The zero-order chi connectivity index (χ0) is 11.1. The largest absolute Gasteiger partial charge is 0.451 e. The van der Waals surface area contributed by atoms with E-state index in [4.69, 9.17) is 0 Å². The minimum Gasteiger partial charge on any atom is -0.233 e. The molecule has 0 radical (unpaired) electrons. The summed E-state index contributed by atoms with van der Waals surface area (Å²) in [7, 11) is 0. The Kier molecular flexibility index (Phi) is 2.34. The molecule has 82 valence electrons. The summed E-state index contributed by atoms with van der Waals surface area (Å²) in [6, 6.07) is 0. The third kappa shape index (κ3) is 2.06. The maximum Gasteiger partial charge on any atom is 0.451 e. The quantitative estimate of drug-likeness (QED) is 0.493. The molecule has 0 aliphatic carbocycles.